The van der Waals surface area contributed by atoms with Crippen LogP contribution in [0.5, 0.6) is 0 Å². The molecule has 0 amide bonds. The standard InChI is InChI=1S/C16H20O3/c1-12(10-18-2)19-11-16(17)15-9-5-7-13-6-3-4-8-14(13)15/h3-9,12,16-17H,10-11H2,1-2H3. The molecule has 0 spiro atoms. The normalized spacial score (nSPS) is 14.5. The highest BCUT2D eigenvalue weighted by molar-refractivity contribution is 5.85. The quantitative estimate of drug-likeness (QED) is 0.868. The number of ether oxygens (including phenoxy) is 2. The number of methoxy groups -OCH3 is 1. The van der Waals surface area contributed by atoms with Crippen molar-refractivity contribution < 1.29 is 14.6 Å². The van der Waals surface area contributed by atoms with Crippen LogP contribution in [0.2, 0.25) is 0 Å². The van der Waals surface area contributed by atoms with E-state index in [9.17, 15) is 5.11 Å². The number of aliphatic hydroxyl groups is 1. The van der Waals surface area contributed by atoms with Crippen molar-refractivity contribution in [3.63, 3.8) is 0 Å². The van der Waals surface area contributed by atoms with Crippen LogP contribution < -0.4 is 0 Å². The molecule has 0 bridgehead atoms. The van der Waals surface area contributed by atoms with Gasteiger partial charge in [0.2, 0.25) is 0 Å². The summed E-state index contributed by atoms with van der Waals surface area (Å²) in [6, 6.07) is 14.0. The number of hydrogen-bond acceptors (Lipinski definition) is 3. The minimum Gasteiger partial charge on any atom is -0.386 e. The largest absolute Gasteiger partial charge is 0.386 e. The van der Waals surface area contributed by atoms with E-state index < -0.39 is 6.10 Å². The van der Waals surface area contributed by atoms with E-state index in [4.69, 9.17) is 9.47 Å². The molecule has 2 atom stereocenters. The lowest BCUT2D eigenvalue weighted by atomic mass is 10.0. The summed E-state index contributed by atoms with van der Waals surface area (Å²) >= 11 is 0. The second-order valence-electron chi connectivity index (χ2n) is 4.68. The second-order valence-corrected chi connectivity index (χ2v) is 4.68. The van der Waals surface area contributed by atoms with Crippen LogP contribution in [0.4, 0.5) is 0 Å². The van der Waals surface area contributed by atoms with Gasteiger partial charge >= 0.3 is 0 Å². The molecule has 3 heteroatoms. The molecule has 0 aliphatic carbocycles. The Morgan fingerprint density at radius 1 is 1.05 bits per heavy atom. The van der Waals surface area contributed by atoms with E-state index in [1.807, 2.05) is 49.4 Å². The lowest BCUT2D eigenvalue weighted by molar-refractivity contribution is -0.0322. The molecule has 2 unspecified atom stereocenters. The van der Waals surface area contributed by atoms with E-state index in [0.29, 0.717) is 6.61 Å². The fourth-order valence-electron chi connectivity index (χ4n) is 2.17. The Bertz CT molecular complexity index is 519. The van der Waals surface area contributed by atoms with Gasteiger partial charge < -0.3 is 14.6 Å². The van der Waals surface area contributed by atoms with Crippen molar-refractivity contribution in [1.82, 2.24) is 0 Å². The zero-order chi connectivity index (χ0) is 13.7. The first-order valence-electron chi connectivity index (χ1n) is 6.48. The summed E-state index contributed by atoms with van der Waals surface area (Å²) in [6.45, 7) is 2.74. The van der Waals surface area contributed by atoms with E-state index in [1.165, 1.54) is 0 Å². The summed E-state index contributed by atoms with van der Waals surface area (Å²) in [5.41, 5.74) is 0.905. The average molecular weight is 260 g/mol. The second kappa shape index (κ2) is 6.66. The third kappa shape index (κ3) is 3.53. The van der Waals surface area contributed by atoms with Crippen LogP contribution in [0.1, 0.15) is 18.6 Å². The maximum absolute atomic E-state index is 10.3. The molecule has 2 rings (SSSR count). The van der Waals surface area contributed by atoms with Crippen LogP contribution in [-0.4, -0.2) is 31.5 Å². The topological polar surface area (TPSA) is 38.7 Å². The van der Waals surface area contributed by atoms with Crippen LogP contribution in [0.15, 0.2) is 42.5 Å². The molecule has 2 aromatic carbocycles. The molecule has 0 fully saturated rings. The molecule has 0 radical (unpaired) electrons. The van der Waals surface area contributed by atoms with Gasteiger partial charge in [-0.2, -0.15) is 0 Å². The Balaban J connectivity index is 2.11. The van der Waals surface area contributed by atoms with Crippen LogP contribution in [0, 0.1) is 0 Å². The molecule has 2 aromatic rings. The molecule has 0 saturated heterocycles. The number of fused-ring (bicyclic) bond motifs is 1. The van der Waals surface area contributed by atoms with E-state index in [1.54, 1.807) is 7.11 Å². The number of aliphatic hydroxyl groups excluding tert-OH is 1. The highest BCUT2D eigenvalue weighted by Gasteiger charge is 2.12. The molecular formula is C16H20O3. The van der Waals surface area contributed by atoms with Crippen LogP contribution in [0.25, 0.3) is 10.8 Å². The lowest BCUT2D eigenvalue weighted by Gasteiger charge is -2.17. The number of rotatable bonds is 6. The molecule has 102 valence electrons. The molecule has 0 saturated carbocycles. The molecule has 0 aliphatic rings. The van der Waals surface area contributed by atoms with Gasteiger partial charge in [-0.1, -0.05) is 42.5 Å². The monoisotopic (exact) mass is 260 g/mol. The van der Waals surface area contributed by atoms with Gasteiger partial charge in [0, 0.05) is 7.11 Å². The molecular weight excluding hydrogens is 240 g/mol. The number of benzene rings is 2. The molecule has 0 heterocycles. The van der Waals surface area contributed by atoms with E-state index in [0.717, 1.165) is 16.3 Å². The minimum atomic E-state index is -0.620. The molecule has 19 heavy (non-hydrogen) atoms. The minimum absolute atomic E-state index is 0.0189. The molecule has 0 aliphatic heterocycles. The smallest absolute Gasteiger partial charge is 0.103 e. The zero-order valence-corrected chi connectivity index (χ0v) is 11.4. The lowest BCUT2D eigenvalue weighted by Crippen LogP contribution is -2.19. The first-order valence-corrected chi connectivity index (χ1v) is 6.48. The van der Waals surface area contributed by atoms with Crippen molar-refractivity contribution >= 4 is 10.8 Å². The third-order valence-corrected chi connectivity index (χ3v) is 3.12. The predicted molar refractivity (Wildman–Crippen MR) is 76.2 cm³/mol. The molecule has 1 N–H and O–H groups in total. The first kappa shape index (κ1) is 14.0. The molecule has 3 nitrogen and oxygen atoms in total. The predicted octanol–water partition coefficient (Wildman–Crippen LogP) is 2.92. The number of hydrogen-bond donors (Lipinski definition) is 1. The van der Waals surface area contributed by atoms with E-state index in [-0.39, 0.29) is 12.7 Å². The van der Waals surface area contributed by atoms with Gasteiger partial charge in [-0.3, -0.25) is 0 Å². The molecule has 0 aromatic heterocycles. The first-order chi connectivity index (χ1) is 9.22. The van der Waals surface area contributed by atoms with Gasteiger partial charge in [-0.25, -0.2) is 0 Å². The van der Waals surface area contributed by atoms with Crippen LogP contribution in [0.3, 0.4) is 0 Å². The Kier molecular flexibility index (Phi) is 4.91. The highest BCUT2D eigenvalue weighted by Crippen LogP contribution is 2.24. The van der Waals surface area contributed by atoms with Gasteiger partial charge in [0.1, 0.15) is 6.10 Å². The van der Waals surface area contributed by atoms with Gasteiger partial charge in [0.25, 0.3) is 0 Å². The summed E-state index contributed by atoms with van der Waals surface area (Å²) in [5, 5.41) is 12.5. The van der Waals surface area contributed by atoms with Crippen LogP contribution in [-0.2, 0) is 9.47 Å². The van der Waals surface area contributed by atoms with Gasteiger partial charge in [0.05, 0.1) is 19.3 Å². The SMILES string of the molecule is COCC(C)OCC(O)c1cccc2ccccc12. The average Bonchev–Trinajstić information content (AvgIpc) is 2.44. The highest BCUT2D eigenvalue weighted by atomic mass is 16.5. The maximum Gasteiger partial charge on any atom is 0.103 e. The summed E-state index contributed by atoms with van der Waals surface area (Å²) < 4.78 is 10.6. The fraction of sp³-hybridized carbons (Fsp3) is 0.375. The Labute approximate surface area is 113 Å². The van der Waals surface area contributed by atoms with Crippen molar-refractivity contribution in [1.29, 1.82) is 0 Å². The Morgan fingerprint density at radius 3 is 2.58 bits per heavy atom. The summed E-state index contributed by atoms with van der Waals surface area (Å²) in [4.78, 5) is 0. The summed E-state index contributed by atoms with van der Waals surface area (Å²) in [6.07, 6.45) is -0.639. The third-order valence-electron chi connectivity index (χ3n) is 3.12. The van der Waals surface area contributed by atoms with E-state index >= 15 is 0 Å². The van der Waals surface area contributed by atoms with Crippen molar-refractivity contribution in [2.24, 2.45) is 0 Å². The van der Waals surface area contributed by atoms with Gasteiger partial charge in [0.15, 0.2) is 0 Å². The van der Waals surface area contributed by atoms with Crippen LogP contribution >= 0.6 is 0 Å². The zero-order valence-electron chi connectivity index (χ0n) is 11.4. The van der Waals surface area contributed by atoms with E-state index in [2.05, 4.69) is 0 Å². The van der Waals surface area contributed by atoms with Crippen molar-refractivity contribution in [2.75, 3.05) is 20.3 Å². The summed E-state index contributed by atoms with van der Waals surface area (Å²) in [5.74, 6) is 0. The van der Waals surface area contributed by atoms with Crippen molar-refractivity contribution in [3.05, 3.63) is 48.0 Å². The Hall–Kier alpha value is -1.42. The fourth-order valence-corrected chi connectivity index (χ4v) is 2.17. The Morgan fingerprint density at radius 2 is 1.79 bits per heavy atom. The van der Waals surface area contributed by atoms with Gasteiger partial charge in [-0.05, 0) is 23.3 Å². The maximum atomic E-state index is 10.3. The van der Waals surface area contributed by atoms with Crippen molar-refractivity contribution in [3.8, 4) is 0 Å². The van der Waals surface area contributed by atoms with Gasteiger partial charge in [-0.15, -0.1) is 0 Å². The summed E-state index contributed by atoms with van der Waals surface area (Å²) in [7, 11) is 1.64. The van der Waals surface area contributed by atoms with Crippen molar-refractivity contribution in [2.45, 2.75) is 19.1 Å².